The van der Waals surface area contributed by atoms with E-state index in [4.69, 9.17) is 11.6 Å². The highest BCUT2D eigenvalue weighted by Crippen LogP contribution is 2.21. The van der Waals surface area contributed by atoms with Crippen LogP contribution in [0, 0.1) is 0 Å². The van der Waals surface area contributed by atoms with Crippen molar-refractivity contribution in [2.45, 2.75) is 13.5 Å². The molecule has 0 bridgehead atoms. The van der Waals surface area contributed by atoms with Gasteiger partial charge in [0.1, 0.15) is 5.02 Å². The van der Waals surface area contributed by atoms with Crippen LogP contribution in [0.25, 0.3) is 0 Å². The molecule has 0 saturated carbocycles. The molecule has 2 aromatic heterocycles. The minimum atomic E-state index is -0.304. The number of thiophene rings is 1. The molecule has 1 N–H and O–H groups in total. The van der Waals surface area contributed by atoms with Crippen LogP contribution in [-0.4, -0.2) is 16.5 Å². The number of nitrogens with one attached hydrogen (secondary N) is 1. The number of anilines is 1. The van der Waals surface area contributed by atoms with Gasteiger partial charge in [0, 0.05) is 11.4 Å². The lowest BCUT2D eigenvalue weighted by molar-refractivity contribution is 0.817. The summed E-state index contributed by atoms with van der Waals surface area (Å²) in [5.74, 6) is 0.534. The Morgan fingerprint density at radius 2 is 2.41 bits per heavy atom. The molecule has 0 spiro atoms. The number of H-pyrrole nitrogens is 1. The summed E-state index contributed by atoms with van der Waals surface area (Å²) in [7, 11) is 0. The highest BCUT2D eigenvalue weighted by molar-refractivity contribution is 7.09. The minimum absolute atomic E-state index is 0.144. The van der Waals surface area contributed by atoms with E-state index in [2.05, 4.69) is 16.0 Å². The minimum Gasteiger partial charge on any atom is -0.350 e. The van der Waals surface area contributed by atoms with E-state index in [1.165, 1.54) is 11.2 Å². The molecule has 0 saturated heterocycles. The lowest BCUT2D eigenvalue weighted by Gasteiger charge is -2.21. The van der Waals surface area contributed by atoms with Crippen molar-refractivity contribution in [3.05, 3.63) is 44.1 Å². The molecule has 0 unspecified atom stereocenters. The average molecular weight is 270 g/mol. The largest absolute Gasteiger partial charge is 0.350 e. The van der Waals surface area contributed by atoms with Crippen LogP contribution in [0.1, 0.15) is 11.8 Å². The van der Waals surface area contributed by atoms with Crippen molar-refractivity contribution in [1.29, 1.82) is 0 Å². The molecule has 17 heavy (non-hydrogen) atoms. The van der Waals surface area contributed by atoms with Gasteiger partial charge in [0.05, 0.1) is 12.9 Å². The van der Waals surface area contributed by atoms with Crippen LogP contribution in [0.4, 0.5) is 5.82 Å². The molecule has 4 nitrogen and oxygen atoms in total. The van der Waals surface area contributed by atoms with Crippen molar-refractivity contribution in [2.24, 2.45) is 0 Å². The molecule has 2 aromatic rings. The van der Waals surface area contributed by atoms with Gasteiger partial charge in [-0.15, -0.1) is 11.3 Å². The van der Waals surface area contributed by atoms with Crippen LogP contribution in [-0.2, 0) is 6.54 Å². The predicted molar refractivity (Wildman–Crippen MR) is 70.9 cm³/mol. The number of hydrogen-bond donors (Lipinski definition) is 1. The molecular formula is C11H12ClN3OS. The van der Waals surface area contributed by atoms with Gasteiger partial charge in [-0.25, -0.2) is 4.98 Å². The second-order valence-electron chi connectivity index (χ2n) is 3.46. The molecule has 0 aliphatic rings. The first-order valence-electron chi connectivity index (χ1n) is 5.23. The maximum atomic E-state index is 11.4. The van der Waals surface area contributed by atoms with Crippen molar-refractivity contribution in [3.8, 4) is 0 Å². The van der Waals surface area contributed by atoms with E-state index < -0.39 is 0 Å². The molecule has 0 aliphatic carbocycles. The number of aromatic nitrogens is 2. The first-order valence-corrected chi connectivity index (χ1v) is 6.48. The monoisotopic (exact) mass is 269 g/mol. The van der Waals surface area contributed by atoms with Crippen LogP contribution in [0.3, 0.4) is 0 Å². The summed E-state index contributed by atoms with van der Waals surface area (Å²) in [6.45, 7) is 3.46. The second-order valence-corrected chi connectivity index (χ2v) is 4.87. The molecule has 0 aliphatic heterocycles. The fraction of sp³-hybridized carbons (Fsp3) is 0.273. The zero-order valence-electron chi connectivity index (χ0n) is 9.31. The van der Waals surface area contributed by atoms with E-state index in [-0.39, 0.29) is 10.6 Å². The van der Waals surface area contributed by atoms with Gasteiger partial charge in [0.25, 0.3) is 5.56 Å². The van der Waals surface area contributed by atoms with Crippen molar-refractivity contribution in [2.75, 3.05) is 11.4 Å². The van der Waals surface area contributed by atoms with Gasteiger partial charge in [0.2, 0.25) is 0 Å². The van der Waals surface area contributed by atoms with Crippen LogP contribution in [0.2, 0.25) is 5.02 Å². The third-order valence-electron chi connectivity index (χ3n) is 2.39. The molecule has 0 radical (unpaired) electrons. The van der Waals surface area contributed by atoms with E-state index in [9.17, 15) is 4.79 Å². The molecule has 90 valence electrons. The Morgan fingerprint density at radius 3 is 3.06 bits per heavy atom. The molecule has 0 amide bonds. The maximum absolute atomic E-state index is 11.4. The van der Waals surface area contributed by atoms with Crippen LogP contribution in [0.15, 0.2) is 28.6 Å². The Balaban J connectivity index is 2.29. The lowest BCUT2D eigenvalue weighted by atomic mass is 10.4. The lowest BCUT2D eigenvalue weighted by Crippen LogP contribution is -2.25. The van der Waals surface area contributed by atoms with Gasteiger partial charge in [-0.2, -0.15) is 0 Å². The normalized spacial score (nSPS) is 10.5. The van der Waals surface area contributed by atoms with Gasteiger partial charge in [-0.3, -0.25) is 4.79 Å². The van der Waals surface area contributed by atoms with Gasteiger partial charge in [-0.05, 0) is 18.4 Å². The highest BCUT2D eigenvalue weighted by atomic mass is 35.5. The fourth-order valence-corrected chi connectivity index (χ4v) is 2.46. The number of hydrogen-bond acceptors (Lipinski definition) is 4. The molecular weight excluding hydrogens is 258 g/mol. The van der Waals surface area contributed by atoms with Gasteiger partial charge >= 0.3 is 0 Å². The summed E-state index contributed by atoms with van der Waals surface area (Å²) in [4.78, 5) is 21.2. The van der Waals surface area contributed by atoms with E-state index in [0.29, 0.717) is 12.4 Å². The zero-order chi connectivity index (χ0) is 12.3. The standard InChI is InChI=1S/C11H12ClN3OS/c1-2-15(6-8-4-3-5-17-8)10-9(12)11(16)14-7-13-10/h3-5,7H,2,6H2,1H3,(H,13,14,16). The number of nitrogens with zero attached hydrogens (tertiary/aromatic N) is 2. The van der Waals surface area contributed by atoms with E-state index in [1.807, 2.05) is 23.3 Å². The van der Waals surface area contributed by atoms with E-state index >= 15 is 0 Å². The van der Waals surface area contributed by atoms with Crippen molar-refractivity contribution in [1.82, 2.24) is 9.97 Å². The van der Waals surface area contributed by atoms with Crippen LogP contribution < -0.4 is 10.5 Å². The first-order chi connectivity index (χ1) is 8.22. The summed E-state index contributed by atoms with van der Waals surface area (Å²) in [5.41, 5.74) is -0.304. The molecule has 2 heterocycles. The highest BCUT2D eigenvalue weighted by Gasteiger charge is 2.13. The fourth-order valence-electron chi connectivity index (χ4n) is 1.52. The van der Waals surface area contributed by atoms with Gasteiger partial charge < -0.3 is 9.88 Å². The van der Waals surface area contributed by atoms with Crippen LogP contribution in [0.5, 0.6) is 0 Å². The molecule has 2 rings (SSSR count). The summed E-state index contributed by atoms with van der Waals surface area (Å²) >= 11 is 7.64. The molecule has 0 fully saturated rings. The van der Waals surface area contributed by atoms with Crippen molar-refractivity contribution < 1.29 is 0 Å². The Labute approximate surface area is 108 Å². The van der Waals surface area contributed by atoms with Crippen LogP contribution >= 0.6 is 22.9 Å². The van der Waals surface area contributed by atoms with Crippen molar-refractivity contribution in [3.63, 3.8) is 0 Å². The summed E-state index contributed by atoms with van der Waals surface area (Å²) in [6, 6.07) is 4.05. The summed E-state index contributed by atoms with van der Waals surface area (Å²) in [6.07, 6.45) is 1.38. The maximum Gasteiger partial charge on any atom is 0.271 e. The third-order valence-corrected chi connectivity index (χ3v) is 3.59. The van der Waals surface area contributed by atoms with Crippen molar-refractivity contribution >= 4 is 28.8 Å². The van der Waals surface area contributed by atoms with E-state index in [0.717, 1.165) is 6.54 Å². The molecule has 6 heteroatoms. The van der Waals surface area contributed by atoms with Gasteiger partial charge in [0.15, 0.2) is 5.82 Å². The summed E-state index contributed by atoms with van der Waals surface area (Å²) < 4.78 is 0. The number of aromatic amines is 1. The Bertz CT molecular complexity index is 538. The third kappa shape index (κ3) is 2.68. The molecule has 0 aromatic carbocycles. The quantitative estimate of drug-likeness (QED) is 0.928. The SMILES string of the molecule is CCN(Cc1cccs1)c1nc[nH]c(=O)c1Cl. The summed E-state index contributed by atoms with van der Waals surface area (Å²) in [5, 5.41) is 2.17. The predicted octanol–water partition coefficient (Wildman–Crippen LogP) is 2.51. The Hall–Kier alpha value is -1.33. The topological polar surface area (TPSA) is 49.0 Å². The number of halogens is 1. The van der Waals surface area contributed by atoms with E-state index in [1.54, 1.807) is 11.3 Å². The number of rotatable bonds is 4. The van der Waals surface area contributed by atoms with Gasteiger partial charge in [-0.1, -0.05) is 17.7 Å². The zero-order valence-corrected chi connectivity index (χ0v) is 10.9. The average Bonchev–Trinajstić information content (AvgIpc) is 2.83. The first kappa shape index (κ1) is 12.1. The smallest absolute Gasteiger partial charge is 0.271 e. The molecule has 0 atom stereocenters. The Morgan fingerprint density at radius 1 is 1.59 bits per heavy atom. The second kappa shape index (κ2) is 5.33. The Kier molecular flexibility index (Phi) is 3.81.